The Morgan fingerprint density at radius 1 is 1.42 bits per heavy atom. The molecule has 0 unspecified atom stereocenters. The predicted octanol–water partition coefficient (Wildman–Crippen LogP) is 3.63. The van der Waals surface area contributed by atoms with E-state index < -0.39 is 0 Å². The van der Waals surface area contributed by atoms with Crippen LogP contribution < -0.4 is 0 Å². The Labute approximate surface area is 99.3 Å². The maximum atomic E-state index is 4.02. The average Bonchev–Trinajstić information content (AvgIpc) is 2.58. The first kappa shape index (κ1) is 9.04. The van der Waals surface area contributed by atoms with Gasteiger partial charge in [-0.2, -0.15) is 0 Å². The predicted molar refractivity (Wildman–Crippen MR) is 63.6 cm³/mol. The third-order valence-corrected chi connectivity index (χ3v) is 4.41. The minimum absolute atomic E-state index is 0.832. The average molecular weight is 373 g/mol. The van der Waals surface area contributed by atoms with Crippen LogP contribution in [0, 0.1) is 2.88 Å². The van der Waals surface area contributed by atoms with Gasteiger partial charge in [0.2, 0.25) is 0 Å². The normalized spacial score (nSPS) is 10.5. The third kappa shape index (κ3) is 1.86. The van der Waals surface area contributed by atoms with Crippen molar-refractivity contribution in [2.45, 2.75) is 0 Å². The molecule has 0 aliphatic rings. The van der Waals surface area contributed by atoms with E-state index >= 15 is 0 Å². The molecule has 0 saturated carbocycles. The van der Waals surface area contributed by atoms with E-state index in [0.717, 1.165) is 14.5 Å². The van der Waals surface area contributed by atoms with Gasteiger partial charge in [0, 0.05) is 10.9 Å². The Bertz CT molecular complexity index is 359. The highest BCUT2D eigenvalue weighted by molar-refractivity contribution is 14.1. The SMILES string of the molecule is Brc1nnc(-c2csc(I)c2)s1. The van der Waals surface area contributed by atoms with Crippen molar-refractivity contribution in [2.24, 2.45) is 0 Å². The molecule has 2 rings (SSSR count). The summed E-state index contributed by atoms with van der Waals surface area (Å²) in [7, 11) is 0. The monoisotopic (exact) mass is 372 g/mol. The molecule has 0 atom stereocenters. The van der Waals surface area contributed by atoms with E-state index in [1.165, 1.54) is 2.88 Å². The Hall–Kier alpha value is 0.470. The molecule has 0 bridgehead atoms. The van der Waals surface area contributed by atoms with Gasteiger partial charge in [-0.15, -0.1) is 21.5 Å². The number of hydrogen-bond acceptors (Lipinski definition) is 4. The Morgan fingerprint density at radius 3 is 2.75 bits per heavy atom. The number of halogens is 2. The first-order valence-electron chi connectivity index (χ1n) is 2.99. The maximum Gasteiger partial charge on any atom is 0.183 e. The molecule has 12 heavy (non-hydrogen) atoms. The molecule has 0 spiro atoms. The van der Waals surface area contributed by atoms with Crippen LogP contribution >= 0.6 is 61.2 Å². The van der Waals surface area contributed by atoms with Crippen molar-refractivity contribution in [3.63, 3.8) is 0 Å². The highest BCUT2D eigenvalue weighted by Crippen LogP contribution is 2.30. The van der Waals surface area contributed by atoms with Crippen molar-refractivity contribution < 1.29 is 0 Å². The maximum absolute atomic E-state index is 4.02. The number of thiophene rings is 1. The van der Waals surface area contributed by atoms with Crippen LogP contribution in [0.5, 0.6) is 0 Å². The molecule has 2 aromatic rings. The standard InChI is InChI=1S/C6H2BrIN2S2/c7-6-10-9-5(12-6)3-1-4(8)11-2-3/h1-2H. The van der Waals surface area contributed by atoms with E-state index in [4.69, 9.17) is 0 Å². The van der Waals surface area contributed by atoms with Gasteiger partial charge in [0.15, 0.2) is 3.92 Å². The van der Waals surface area contributed by atoms with E-state index in [2.05, 4.69) is 60.2 Å². The van der Waals surface area contributed by atoms with E-state index in [1.54, 1.807) is 22.7 Å². The molecule has 2 nitrogen and oxygen atoms in total. The first-order chi connectivity index (χ1) is 5.75. The van der Waals surface area contributed by atoms with E-state index in [1.807, 2.05) is 0 Å². The molecule has 62 valence electrons. The molecule has 0 aliphatic carbocycles. The van der Waals surface area contributed by atoms with E-state index in [-0.39, 0.29) is 0 Å². The molecule has 0 aromatic carbocycles. The van der Waals surface area contributed by atoms with Gasteiger partial charge < -0.3 is 0 Å². The molecule has 0 aliphatic heterocycles. The minimum atomic E-state index is 0.832. The summed E-state index contributed by atoms with van der Waals surface area (Å²) in [5.74, 6) is 0. The second-order valence-electron chi connectivity index (χ2n) is 2.00. The van der Waals surface area contributed by atoms with Gasteiger partial charge in [-0.25, -0.2) is 0 Å². The van der Waals surface area contributed by atoms with Crippen molar-refractivity contribution >= 4 is 61.2 Å². The summed E-state index contributed by atoms with van der Waals surface area (Å²) >= 11 is 8.85. The lowest BCUT2D eigenvalue weighted by Gasteiger charge is -1.82. The van der Waals surface area contributed by atoms with Gasteiger partial charge in [-0.05, 0) is 44.6 Å². The summed E-state index contributed by atoms with van der Waals surface area (Å²) in [6.45, 7) is 0. The lowest BCUT2D eigenvalue weighted by Crippen LogP contribution is -1.70. The Morgan fingerprint density at radius 2 is 2.25 bits per heavy atom. The molecule has 6 heteroatoms. The van der Waals surface area contributed by atoms with Crippen LogP contribution in [-0.2, 0) is 0 Å². The highest BCUT2D eigenvalue weighted by atomic mass is 127. The second kappa shape index (κ2) is 3.69. The van der Waals surface area contributed by atoms with Gasteiger partial charge in [-0.3, -0.25) is 0 Å². The number of rotatable bonds is 1. The molecule has 0 amide bonds. The fourth-order valence-electron chi connectivity index (χ4n) is 0.744. The summed E-state index contributed by atoms with van der Waals surface area (Å²) in [5, 5.41) is 11.0. The van der Waals surface area contributed by atoms with Crippen LogP contribution in [0.15, 0.2) is 15.4 Å². The zero-order chi connectivity index (χ0) is 8.55. The third-order valence-electron chi connectivity index (χ3n) is 1.21. The smallest absolute Gasteiger partial charge is 0.137 e. The summed E-state index contributed by atoms with van der Waals surface area (Å²) in [6, 6.07) is 2.11. The zero-order valence-corrected chi connectivity index (χ0v) is 11.0. The Kier molecular flexibility index (Phi) is 2.78. The van der Waals surface area contributed by atoms with Gasteiger partial charge in [-0.1, -0.05) is 11.3 Å². The van der Waals surface area contributed by atoms with Crippen LogP contribution in [0.1, 0.15) is 0 Å². The van der Waals surface area contributed by atoms with Crippen molar-refractivity contribution in [3.8, 4) is 10.6 Å². The summed E-state index contributed by atoms with van der Waals surface area (Å²) in [4.78, 5) is 0. The van der Waals surface area contributed by atoms with Crippen molar-refractivity contribution in [3.05, 3.63) is 18.2 Å². The van der Waals surface area contributed by atoms with Gasteiger partial charge >= 0.3 is 0 Å². The lowest BCUT2D eigenvalue weighted by atomic mass is 10.4. The van der Waals surface area contributed by atoms with Crippen LogP contribution in [0.25, 0.3) is 10.6 Å². The number of hydrogen-bond donors (Lipinski definition) is 0. The summed E-state index contributed by atoms with van der Waals surface area (Å²) < 4.78 is 2.10. The first-order valence-corrected chi connectivity index (χ1v) is 6.56. The van der Waals surface area contributed by atoms with Crippen LogP contribution in [0.3, 0.4) is 0 Å². The van der Waals surface area contributed by atoms with E-state index in [0.29, 0.717) is 0 Å². The van der Waals surface area contributed by atoms with Gasteiger partial charge in [0.05, 0.1) is 2.88 Å². The topological polar surface area (TPSA) is 25.8 Å². The molecule has 0 N–H and O–H groups in total. The summed E-state index contributed by atoms with van der Waals surface area (Å²) in [6.07, 6.45) is 0. The summed E-state index contributed by atoms with van der Waals surface area (Å²) in [5.41, 5.74) is 1.16. The zero-order valence-electron chi connectivity index (χ0n) is 5.62. The molecular weight excluding hydrogens is 371 g/mol. The lowest BCUT2D eigenvalue weighted by molar-refractivity contribution is 1.08. The molecule has 0 radical (unpaired) electrons. The van der Waals surface area contributed by atoms with Crippen molar-refractivity contribution in [1.82, 2.24) is 10.2 Å². The molecule has 0 fully saturated rings. The highest BCUT2D eigenvalue weighted by Gasteiger charge is 2.05. The number of aromatic nitrogens is 2. The number of nitrogens with zero attached hydrogens (tertiary/aromatic N) is 2. The Balaban J connectivity index is 2.43. The molecular formula is C6H2BrIN2S2. The fraction of sp³-hybridized carbons (Fsp3) is 0. The van der Waals surface area contributed by atoms with Crippen LogP contribution in [0.2, 0.25) is 0 Å². The van der Waals surface area contributed by atoms with Crippen LogP contribution in [-0.4, -0.2) is 10.2 Å². The van der Waals surface area contributed by atoms with Gasteiger partial charge in [0.1, 0.15) is 5.01 Å². The molecule has 0 saturated heterocycles. The molecule has 2 heterocycles. The van der Waals surface area contributed by atoms with Crippen molar-refractivity contribution in [1.29, 1.82) is 0 Å². The quantitative estimate of drug-likeness (QED) is 0.714. The molecule has 2 aromatic heterocycles. The van der Waals surface area contributed by atoms with Crippen molar-refractivity contribution in [2.75, 3.05) is 0 Å². The fourth-order valence-corrected chi connectivity index (χ4v) is 3.25. The van der Waals surface area contributed by atoms with E-state index in [9.17, 15) is 0 Å². The minimum Gasteiger partial charge on any atom is -0.137 e. The van der Waals surface area contributed by atoms with Crippen LogP contribution in [0.4, 0.5) is 0 Å². The largest absolute Gasteiger partial charge is 0.183 e. The van der Waals surface area contributed by atoms with Gasteiger partial charge in [0.25, 0.3) is 0 Å². The second-order valence-corrected chi connectivity index (χ2v) is 7.06.